The van der Waals surface area contributed by atoms with Crippen molar-refractivity contribution in [2.24, 2.45) is 5.41 Å². The zero-order valence-corrected chi connectivity index (χ0v) is 14.4. The first-order chi connectivity index (χ1) is 8.81. The van der Waals surface area contributed by atoms with Gasteiger partial charge in [-0.1, -0.05) is 46.8 Å². The minimum absolute atomic E-state index is 0.0413. The molecular formula is C15H24O3S2. The lowest BCUT2D eigenvalue weighted by Gasteiger charge is -2.35. The molecule has 0 saturated carbocycles. The standard InChI is InChI=1S/C15H24O3S2/c1-14(2,3)13(10-15(4,5)19)11-6-8-12(9-7-11)20(16,17)18/h6-9,13,19H,10H2,1-5H3,(H,16,17,18). The Kier molecular flexibility index (Phi) is 4.99. The molecule has 1 unspecified atom stereocenters. The van der Waals surface area contributed by atoms with Gasteiger partial charge in [-0.05, 0) is 35.4 Å². The van der Waals surface area contributed by atoms with Crippen molar-refractivity contribution in [1.82, 2.24) is 0 Å². The Morgan fingerprint density at radius 2 is 1.55 bits per heavy atom. The Bertz CT molecular complexity index is 546. The van der Waals surface area contributed by atoms with Gasteiger partial charge < -0.3 is 0 Å². The summed E-state index contributed by atoms with van der Waals surface area (Å²) in [4.78, 5) is -0.0703. The van der Waals surface area contributed by atoms with Crippen LogP contribution in [0.25, 0.3) is 0 Å². The minimum Gasteiger partial charge on any atom is -0.282 e. The van der Waals surface area contributed by atoms with Crippen LogP contribution < -0.4 is 0 Å². The van der Waals surface area contributed by atoms with Crippen LogP contribution in [0.4, 0.5) is 0 Å². The van der Waals surface area contributed by atoms with E-state index in [2.05, 4.69) is 47.2 Å². The monoisotopic (exact) mass is 316 g/mol. The summed E-state index contributed by atoms with van der Waals surface area (Å²) < 4.78 is 31.1. The van der Waals surface area contributed by atoms with Crippen LogP contribution in [0.2, 0.25) is 0 Å². The van der Waals surface area contributed by atoms with Gasteiger partial charge in [-0.25, -0.2) is 0 Å². The summed E-state index contributed by atoms with van der Waals surface area (Å²) in [6, 6.07) is 6.46. The van der Waals surface area contributed by atoms with Gasteiger partial charge in [-0.2, -0.15) is 21.0 Å². The first-order valence-corrected chi connectivity index (χ1v) is 8.49. The van der Waals surface area contributed by atoms with Gasteiger partial charge in [0.1, 0.15) is 0 Å². The number of thiol groups is 1. The molecule has 5 heteroatoms. The molecule has 3 nitrogen and oxygen atoms in total. The van der Waals surface area contributed by atoms with E-state index in [1.54, 1.807) is 12.1 Å². The van der Waals surface area contributed by atoms with Gasteiger partial charge in [0.05, 0.1) is 4.90 Å². The number of hydrogen-bond donors (Lipinski definition) is 2. The molecule has 0 bridgehead atoms. The predicted molar refractivity (Wildman–Crippen MR) is 86.1 cm³/mol. The normalized spacial score (nSPS) is 15.2. The maximum atomic E-state index is 11.1. The van der Waals surface area contributed by atoms with E-state index in [0.717, 1.165) is 12.0 Å². The van der Waals surface area contributed by atoms with Crippen LogP contribution >= 0.6 is 12.6 Å². The third-order valence-electron chi connectivity index (χ3n) is 3.33. The molecule has 0 spiro atoms. The van der Waals surface area contributed by atoms with Gasteiger partial charge >= 0.3 is 0 Å². The second-order valence-corrected chi connectivity index (χ2v) is 9.61. The van der Waals surface area contributed by atoms with Gasteiger partial charge in [-0.3, -0.25) is 4.55 Å². The maximum absolute atomic E-state index is 11.1. The molecule has 1 aromatic rings. The summed E-state index contributed by atoms with van der Waals surface area (Å²) >= 11 is 4.61. The van der Waals surface area contributed by atoms with Crippen molar-refractivity contribution in [2.45, 2.75) is 56.6 Å². The molecule has 0 aliphatic heterocycles. The fourth-order valence-electron chi connectivity index (χ4n) is 2.30. The topological polar surface area (TPSA) is 54.4 Å². The average molecular weight is 316 g/mol. The van der Waals surface area contributed by atoms with Crippen molar-refractivity contribution in [3.8, 4) is 0 Å². The van der Waals surface area contributed by atoms with E-state index in [-0.39, 0.29) is 21.0 Å². The van der Waals surface area contributed by atoms with Gasteiger partial charge in [0.25, 0.3) is 10.1 Å². The highest BCUT2D eigenvalue weighted by Crippen LogP contribution is 2.42. The Labute approximate surface area is 127 Å². The first-order valence-electron chi connectivity index (χ1n) is 6.60. The molecular weight excluding hydrogens is 292 g/mol. The van der Waals surface area contributed by atoms with Gasteiger partial charge in [0, 0.05) is 4.75 Å². The van der Waals surface area contributed by atoms with Crippen molar-refractivity contribution < 1.29 is 13.0 Å². The number of rotatable bonds is 4. The smallest absolute Gasteiger partial charge is 0.282 e. The fourth-order valence-corrected chi connectivity index (χ4v) is 2.96. The van der Waals surface area contributed by atoms with E-state index in [0.29, 0.717) is 0 Å². The summed E-state index contributed by atoms with van der Waals surface area (Å²) in [5.41, 5.74) is 1.10. The third kappa shape index (κ3) is 5.11. The molecule has 20 heavy (non-hydrogen) atoms. The second kappa shape index (κ2) is 5.70. The van der Waals surface area contributed by atoms with Gasteiger partial charge in [0.2, 0.25) is 0 Å². The lowest BCUT2D eigenvalue weighted by molar-refractivity contribution is 0.289. The lowest BCUT2D eigenvalue weighted by Crippen LogP contribution is -2.25. The highest BCUT2D eigenvalue weighted by atomic mass is 32.2. The minimum atomic E-state index is -4.13. The Morgan fingerprint density at radius 1 is 1.10 bits per heavy atom. The molecule has 1 aromatic carbocycles. The van der Waals surface area contributed by atoms with Gasteiger partial charge in [0.15, 0.2) is 0 Å². The molecule has 1 N–H and O–H groups in total. The summed E-state index contributed by atoms with van der Waals surface area (Å²) in [5, 5.41) is 0. The third-order valence-corrected chi connectivity index (χ3v) is 4.38. The largest absolute Gasteiger partial charge is 0.294 e. The van der Waals surface area contributed by atoms with E-state index in [1.165, 1.54) is 12.1 Å². The van der Waals surface area contributed by atoms with Crippen LogP contribution in [-0.4, -0.2) is 17.7 Å². The van der Waals surface area contributed by atoms with E-state index in [4.69, 9.17) is 4.55 Å². The first kappa shape index (κ1) is 17.5. The maximum Gasteiger partial charge on any atom is 0.294 e. The van der Waals surface area contributed by atoms with Crippen LogP contribution in [0.5, 0.6) is 0 Å². The molecule has 0 saturated heterocycles. The van der Waals surface area contributed by atoms with Crippen molar-refractivity contribution in [3.63, 3.8) is 0 Å². The zero-order valence-electron chi connectivity index (χ0n) is 12.7. The van der Waals surface area contributed by atoms with Crippen LogP contribution in [0.15, 0.2) is 29.2 Å². The molecule has 0 amide bonds. The van der Waals surface area contributed by atoms with Gasteiger partial charge in [-0.15, -0.1) is 0 Å². The molecule has 0 fully saturated rings. The average Bonchev–Trinajstić information content (AvgIpc) is 2.22. The Morgan fingerprint density at radius 3 is 1.85 bits per heavy atom. The molecule has 0 aliphatic rings. The molecule has 0 aliphatic carbocycles. The van der Waals surface area contributed by atoms with Crippen molar-refractivity contribution >= 4 is 22.7 Å². The molecule has 0 heterocycles. The summed E-state index contributed by atoms with van der Waals surface area (Å²) in [6.07, 6.45) is 0.880. The predicted octanol–water partition coefficient (Wildman–Crippen LogP) is 4.16. The SMILES string of the molecule is CC(C)(S)CC(c1ccc(S(=O)(=O)O)cc1)C(C)(C)C. The van der Waals surface area contributed by atoms with E-state index < -0.39 is 10.1 Å². The number of hydrogen-bond acceptors (Lipinski definition) is 3. The highest BCUT2D eigenvalue weighted by molar-refractivity contribution is 7.85. The van der Waals surface area contributed by atoms with Crippen LogP contribution in [0.1, 0.15) is 52.5 Å². The van der Waals surface area contributed by atoms with Crippen LogP contribution in [0.3, 0.4) is 0 Å². The molecule has 1 atom stereocenters. The number of benzene rings is 1. The Balaban J connectivity index is 3.16. The molecule has 114 valence electrons. The lowest BCUT2D eigenvalue weighted by atomic mass is 9.72. The quantitative estimate of drug-likeness (QED) is 0.648. The highest BCUT2D eigenvalue weighted by Gasteiger charge is 2.30. The van der Waals surface area contributed by atoms with E-state index >= 15 is 0 Å². The van der Waals surface area contributed by atoms with Crippen molar-refractivity contribution in [3.05, 3.63) is 29.8 Å². The van der Waals surface area contributed by atoms with Crippen molar-refractivity contribution in [2.75, 3.05) is 0 Å². The molecule has 0 radical (unpaired) electrons. The summed E-state index contributed by atoms with van der Waals surface area (Å²) in [6.45, 7) is 10.6. The van der Waals surface area contributed by atoms with E-state index in [1.807, 2.05) is 0 Å². The molecule has 0 aromatic heterocycles. The van der Waals surface area contributed by atoms with Crippen LogP contribution in [-0.2, 0) is 10.1 Å². The summed E-state index contributed by atoms with van der Waals surface area (Å²) in [7, 11) is -4.13. The second-order valence-electron chi connectivity index (χ2n) is 6.98. The Hall–Kier alpha value is -0.520. The fraction of sp³-hybridized carbons (Fsp3) is 0.600. The molecule has 1 rings (SSSR count). The summed E-state index contributed by atoms with van der Waals surface area (Å²) in [5.74, 6) is 0.255. The van der Waals surface area contributed by atoms with E-state index in [9.17, 15) is 8.42 Å². The van der Waals surface area contributed by atoms with Crippen LogP contribution in [0, 0.1) is 5.41 Å². The van der Waals surface area contributed by atoms with Crippen molar-refractivity contribution in [1.29, 1.82) is 0 Å². The zero-order chi connectivity index (χ0) is 15.8.